The van der Waals surface area contributed by atoms with Crippen LogP contribution in [0.4, 0.5) is 5.95 Å². The number of fused-ring (bicyclic) bond motifs is 1. The normalized spacial score (nSPS) is 18.6. The Morgan fingerprint density at radius 1 is 1.45 bits per heavy atom. The van der Waals surface area contributed by atoms with Gasteiger partial charge in [-0.15, -0.1) is 0 Å². The van der Waals surface area contributed by atoms with Crippen LogP contribution in [-0.2, 0) is 9.59 Å². The highest BCUT2D eigenvalue weighted by Gasteiger charge is 2.37. The quantitative estimate of drug-likeness (QED) is 0.881. The van der Waals surface area contributed by atoms with Gasteiger partial charge < -0.3 is 10.1 Å². The van der Waals surface area contributed by atoms with E-state index in [1.807, 2.05) is 24.3 Å². The van der Waals surface area contributed by atoms with Crippen LogP contribution in [0.2, 0.25) is 0 Å². The zero-order chi connectivity index (χ0) is 14.3. The Kier molecular flexibility index (Phi) is 2.74. The molecule has 1 amide bonds. The van der Waals surface area contributed by atoms with Crippen LogP contribution in [0.5, 0.6) is 0 Å². The summed E-state index contributed by atoms with van der Waals surface area (Å²) in [6, 6.07) is 7.37. The number of H-pyrrole nitrogens is 1. The van der Waals surface area contributed by atoms with Crippen molar-refractivity contribution >= 4 is 34.6 Å². The first kappa shape index (κ1) is 12.3. The van der Waals surface area contributed by atoms with E-state index in [2.05, 4.69) is 15.1 Å². The first-order valence-electron chi connectivity index (χ1n) is 6.12. The van der Waals surface area contributed by atoms with E-state index in [4.69, 9.17) is 5.11 Å². The maximum atomic E-state index is 12.2. The molecule has 1 aliphatic heterocycles. The molecule has 0 spiro atoms. The monoisotopic (exact) mass is 272 g/mol. The summed E-state index contributed by atoms with van der Waals surface area (Å²) in [5, 5.41) is 14.1. The van der Waals surface area contributed by atoms with Crippen LogP contribution in [0.15, 0.2) is 29.4 Å². The zero-order valence-electron chi connectivity index (χ0n) is 10.7. The minimum absolute atomic E-state index is 0.259. The van der Waals surface area contributed by atoms with Gasteiger partial charge in [-0.2, -0.15) is 10.1 Å². The lowest BCUT2D eigenvalue weighted by Crippen LogP contribution is -2.29. The minimum Gasteiger partial charge on any atom is -0.481 e. The number of aromatic nitrogens is 2. The second-order valence-corrected chi connectivity index (χ2v) is 4.62. The van der Waals surface area contributed by atoms with Crippen molar-refractivity contribution in [2.45, 2.75) is 13.3 Å². The van der Waals surface area contributed by atoms with E-state index in [0.29, 0.717) is 11.7 Å². The van der Waals surface area contributed by atoms with Gasteiger partial charge in [0.1, 0.15) is 0 Å². The van der Waals surface area contributed by atoms with E-state index in [0.717, 1.165) is 16.0 Å². The number of anilines is 1. The molecule has 20 heavy (non-hydrogen) atoms. The summed E-state index contributed by atoms with van der Waals surface area (Å²) < 4.78 is 0. The first-order valence-corrected chi connectivity index (χ1v) is 6.12. The van der Waals surface area contributed by atoms with Crippen LogP contribution < -0.4 is 5.01 Å². The number of carboxylic acids is 1. The molecular formula is C13H12N4O3. The minimum atomic E-state index is -1.02. The highest BCUT2D eigenvalue weighted by molar-refractivity contribution is 6.15. The number of hydrazone groups is 1. The van der Waals surface area contributed by atoms with Gasteiger partial charge in [0, 0.05) is 5.71 Å². The van der Waals surface area contributed by atoms with Crippen molar-refractivity contribution in [3.63, 3.8) is 0 Å². The molecule has 102 valence electrons. The van der Waals surface area contributed by atoms with Gasteiger partial charge in [0.2, 0.25) is 5.95 Å². The largest absolute Gasteiger partial charge is 0.481 e. The fraction of sp³-hybridized carbons (Fsp3) is 0.231. The number of imidazole rings is 1. The van der Waals surface area contributed by atoms with Gasteiger partial charge in [0.15, 0.2) is 0 Å². The highest BCUT2D eigenvalue weighted by Crippen LogP contribution is 2.25. The molecule has 3 rings (SSSR count). The number of hydrogen-bond donors (Lipinski definition) is 2. The van der Waals surface area contributed by atoms with Crippen molar-refractivity contribution in [1.82, 2.24) is 9.97 Å². The number of aromatic amines is 1. The third kappa shape index (κ3) is 1.93. The Balaban J connectivity index is 1.95. The molecule has 1 atom stereocenters. The number of aliphatic carboxylic acids is 1. The number of carboxylic acid groups (broad SMARTS) is 1. The molecule has 2 aromatic rings. The van der Waals surface area contributed by atoms with E-state index in [-0.39, 0.29) is 12.3 Å². The smallest absolute Gasteiger partial charge is 0.304 e. The molecule has 1 aliphatic rings. The predicted octanol–water partition coefficient (Wildman–Crippen LogP) is 1.38. The van der Waals surface area contributed by atoms with E-state index in [1.54, 1.807) is 6.92 Å². The Bertz CT molecular complexity index is 701. The second kappa shape index (κ2) is 4.44. The number of para-hydroxylation sites is 2. The number of nitrogens with zero attached hydrogens (tertiary/aromatic N) is 3. The number of carbonyl (C=O) groups is 2. The van der Waals surface area contributed by atoms with Crippen molar-refractivity contribution < 1.29 is 14.7 Å². The van der Waals surface area contributed by atoms with E-state index in [9.17, 15) is 9.59 Å². The number of hydrogen-bond acceptors (Lipinski definition) is 4. The van der Waals surface area contributed by atoms with Crippen molar-refractivity contribution in [3.8, 4) is 0 Å². The summed E-state index contributed by atoms with van der Waals surface area (Å²) in [4.78, 5) is 30.3. The lowest BCUT2D eigenvalue weighted by Gasteiger charge is -2.09. The fourth-order valence-electron chi connectivity index (χ4n) is 2.20. The van der Waals surface area contributed by atoms with Crippen LogP contribution in [0.25, 0.3) is 11.0 Å². The number of rotatable bonds is 3. The third-order valence-electron chi connectivity index (χ3n) is 3.23. The van der Waals surface area contributed by atoms with Gasteiger partial charge in [-0.1, -0.05) is 12.1 Å². The van der Waals surface area contributed by atoms with Crippen LogP contribution in [0, 0.1) is 5.92 Å². The lowest BCUT2D eigenvalue weighted by molar-refractivity contribution is -0.139. The predicted molar refractivity (Wildman–Crippen MR) is 72.4 cm³/mol. The summed E-state index contributed by atoms with van der Waals surface area (Å²) in [7, 11) is 0. The van der Waals surface area contributed by atoms with Crippen molar-refractivity contribution in [1.29, 1.82) is 0 Å². The van der Waals surface area contributed by atoms with Crippen LogP contribution >= 0.6 is 0 Å². The van der Waals surface area contributed by atoms with E-state index >= 15 is 0 Å². The molecule has 1 aromatic carbocycles. The molecule has 1 aromatic heterocycles. The van der Waals surface area contributed by atoms with Gasteiger partial charge in [0.05, 0.1) is 23.4 Å². The van der Waals surface area contributed by atoms with Gasteiger partial charge in [0.25, 0.3) is 5.91 Å². The standard InChI is InChI=1S/C13H12N4O3/c1-7-8(6-11(18)19)12(20)17(16-7)13-14-9-4-2-3-5-10(9)15-13/h2-5,8H,6H2,1H3,(H,14,15)(H,18,19). The number of carbonyl (C=O) groups excluding carboxylic acids is 1. The summed E-state index contributed by atoms with van der Waals surface area (Å²) in [5.74, 6) is -1.81. The first-order chi connectivity index (χ1) is 9.56. The molecule has 2 N–H and O–H groups in total. The van der Waals surface area contributed by atoms with Crippen molar-refractivity contribution in [2.75, 3.05) is 5.01 Å². The van der Waals surface area contributed by atoms with Gasteiger partial charge in [-0.3, -0.25) is 9.59 Å². The molecule has 0 saturated heterocycles. The highest BCUT2D eigenvalue weighted by atomic mass is 16.4. The van der Waals surface area contributed by atoms with Gasteiger partial charge in [-0.05, 0) is 19.1 Å². The molecule has 0 fully saturated rings. The van der Waals surface area contributed by atoms with Gasteiger partial charge >= 0.3 is 5.97 Å². The van der Waals surface area contributed by atoms with E-state index < -0.39 is 11.9 Å². The molecule has 7 heteroatoms. The molecular weight excluding hydrogens is 260 g/mol. The molecule has 0 bridgehead atoms. The molecule has 0 aliphatic carbocycles. The summed E-state index contributed by atoms with van der Waals surface area (Å²) in [5.41, 5.74) is 2.01. The van der Waals surface area contributed by atoms with Gasteiger partial charge in [-0.25, -0.2) is 4.98 Å². The Hall–Kier alpha value is -2.70. The number of amides is 1. The maximum Gasteiger partial charge on any atom is 0.304 e. The zero-order valence-corrected chi connectivity index (χ0v) is 10.7. The van der Waals surface area contributed by atoms with Crippen molar-refractivity contribution in [3.05, 3.63) is 24.3 Å². The van der Waals surface area contributed by atoms with Crippen LogP contribution in [0.3, 0.4) is 0 Å². The Morgan fingerprint density at radius 2 is 2.20 bits per heavy atom. The number of benzene rings is 1. The lowest BCUT2D eigenvalue weighted by atomic mass is 10.0. The molecule has 0 saturated carbocycles. The fourth-order valence-corrected chi connectivity index (χ4v) is 2.20. The number of nitrogens with one attached hydrogen (secondary N) is 1. The summed E-state index contributed by atoms with van der Waals surface area (Å²) in [6.45, 7) is 1.65. The Labute approximate surface area is 113 Å². The topological polar surface area (TPSA) is 98.7 Å². The average molecular weight is 272 g/mol. The third-order valence-corrected chi connectivity index (χ3v) is 3.23. The SMILES string of the molecule is CC1=NN(c2nc3ccccc3[nH]2)C(=O)C1CC(=O)O. The van der Waals surface area contributed by atoms with Crippen molar-refractivity contribution in [2.24, 2.45) is 11.0 Å². The maximum absolute atomic E-state index is 12.2. The van der Waals surface area contributed by atoms with Crippen LogP contribution in [-0.4, -0.2) is 32.7 Å². The summed E-state index contributed by atoms with van der Waals surface area (Å²) in [6.07, 6.45) is -0.259. The Morgan fingerprint density at radius 3 is 2.90 bits per heavy atom. The molecule has 1 unspecified atom stereocenters. The van der Waals surface area contributed by atoms with Crippen LogP contribution in [0.1, 0.15) is 13.3 Å². The van der Waals surface area contributed by atoms with E-state index in [1.165, 1.54) is 0 Å². The molecule has 2 heterocycles. The molecule has 0 radical (unpaired) electrons. The summed E-state index contributed by atoms with van der Waals surface area (Å²) >= 11 is 0. The second-order valence-electron chi connectivity index (χ2n) is 4.62. The molecule has 7 nitrogen and oxygen atoms in total. The average Bonchev–Trinajstić information content (AvgIpc) is 2.94.